The number of hydrogen-bond donors (Lipinski definition) is 1. The fraction of sp³-hybridized carbons (Fsp3) is 0.143. The maximum atomic E-state index is 12.7. The zero-order valence-corrected chi connectivity index (χ0v) is 11.2. The van der Waals surface area contributed by atoms with E-state index in [1.165, 1.54) is 12.1 Å². The van der Waals surface area contributed by atoms with Gasteiger partial charge in [0.05, 0.1) is 10.5 Å². The van der Waals surface area contributed by atoms with Crippen LogP contribution in [-0.2, 0) is 6.42 Å². The fourth-order valence-corrected chi connectivity index (χ4v) is 1.82. The first-order valence-corrected chi connectivity index (χ1v) is 6.21. The molecule has 0 aliphatic rings. The molecule has 0 saturated carbocycles. The summed E-state index contributed by atoms with van der Waals surface area (Å²) in [5, 5.41) is 13.5. The maximum Gasteiger partial charge on any atom is 0.274 e. The number of aryl methyl sites for hydroxylation is 1. The third-order valence-electron chi connectivity index (χ3n) is 2.91. The third kappa shape index (κ3) is 3.38. The molecule has 0 saturated heterocycles. The average molecular weight is 289 g/mol. The lowest BCUT2D eigenvalue weighted by Gasteiger charge is -2.06. The number of aromatic nitrogens is 1. The van der Waals surface area contributed by atoms with Crippen LogP contribution < -0.4 is 5.32 Å². The van der Waals surface area contributed by atoms with Gasteiger partial charge in [0.25, 0.3) is 11.6 Å². The van der Waals surface area contributed by atoms with Crippen molar-refractivity contribution in [2.75, 3.05) is 5.32 Å². The van der Waals surface area contributed by atoms with Crippen molar-refractivity contribution in [3.63, 3.8) is 0 Å². The highest BCUT2D eigenvalue weighted by Crippen LogP contribution is 2.24. The Morgan fingerprint density at radius 3 is 2.71 bits per heavy atom. The number of nitrogens with one attached hydrogen (secondary N) is 1. The normalized spacial score (nSPS) is 10.2. The average Bonchev–Trinajstić information content (AvgIpc) is 2.47. The number of nitro benzene ring substituents is 1. The number of anilines is 1. The smallest absolute Gasteiger partial charge is 0.274 e. The first-order chi connectivity index (χ1) is 10.0. The zero-order chi connectivity index (χ0) is 15.4. The van der Waals surface area contributed by atoms with Crippen LogP contribution in [0.2, 0.25) is 0 Å². The molecule has 0 fully saturated rings. The van der Waals surface area contributed by atoms with E-state index in [4.69, 9.17) is 0 Å². The largest absolute Gasteiger partial charge is 0.322 e. The van der Waals surface area contributed by atoms with Crippen molar-refractivity contribution in [3.8, 4) is 0 Å². The minimum atomic E-state index is -0.686. The summed E-state index contributed by atoms with van der Waals surface area (Å²) in [7, 11) is 0. The van der Waals surface area contributed by atoms with Gasteiger partial charge in [-0.05, 0) is 24.6 Å². The quantitative estimate of drug-likeness (QED) is 0.532. The third-order valence-corrected chi connectivity index (χ3v) is 2.91. The van der Waals surface area contributed by atoms with E-state index < -0.39 is 16.8 Å². The summed E-state index contributed by atoms with van der Waals surface area (Å²) in [5.74, 6) is -1.20. The minimum absolute atomic E-state index is 0.0486. The van der Waals surface area contributed by atoms with Crippen molar-refractivity contribution >= 4 is 17.3 Å². The molecule has 108 valence electrons. The SMILES string of the molecule is CCc1ccc(NC(=O)c2ccc(F)nc2)cc1[N+](=O)[O-]. The van der Waals surface area contributed by atoms with E-state index in [0.29, 0.717) is 17.7 Å². The number of hydrogen-bond acceptors (Lipinski definition) is 4. The molecule has 1 aromatic heterocycles. The minimum Gasteiger partial charge on any atom is -0.322 e. The molecule has 1 heterocycles. The summed E-state index contributed by atoms with van der Waals surface area (Å²) >= 11 is 0. The molecule has 21 heavy (non-hydrogen) atoms. The molecule has 0 spiro atoms. The van der Waals surface area contributed by atoms with Crippen molar-refractivity contribution in [3.05, 3.63) is 63.7 Å². The van der Waals surface area contributed by atoms with Gasteiger partial charge in [-0.3, -0.25) is 14.9 Å². The van der Waals surface area contributed by atoms with Crippen LogP contribution in [0.25, 0.3) is 0 Å². The highest BCUT2D eigenvalue weighted by Gasteiger charge is 2.14. The molecular weight excluding hydrogens is 277 g/mol. The first kappa shape index (κ1) is 14.6. The van der Waals surface area contributed by atoms with Gasteiger partial charge in [-0.1, -0.05) is 13.0 Å². The van der Waals surface area contributed by atoms with Crippen LogP contribution in [0.1, 0.15) is 22.8 Å². The summed E-state index contributed by atoms with van der Waals surface area (Å²) < 4.78 is 12.7. The van der Waals surface area contributed by atoms with Crippen LogP contribution in [0.3, 0.4) is 0 Å². The summed E-state index contributed by atoms with van der Waals surface area (Å²) in [6.07, 6.45) is 1.62. The molecule has 0 bridgehead atoms. The molecule has 1 N–H and O–H groups in total. The predicted octanol–water partition coefficient (Wildman–Crippen LogP) is 2.94. The highest BCUT2D eigenvalue weighted by molar-refractivity contribution is 6.04. The molecule has 7 heteroatoms. The molecule has 1 aromatic carbocycles. The number of nitro groups is 1. The monoisotopic (exact) mass is 289 g/mol. The number of rotatable bonds is 4. The van der Waals surface area contributed by atoms with Crippen LogP contribution >= 0.6 is 0 Å². The summed E-state index contributed by atoms with van der Waals surface area (Å²) in [6.45, 7) is 1.81. The van der Waals surface area contributed by atoms with E-state index >= 15 is 0 Å². The number of carbonyl (C=O) groups excluding carboxylic acids is 1. The van der Waals surface area contributed by atoms with E-state index in [-0.39, 0.29) is 11.3 Å². The topological polar surface area (TPSA) is 85.1 Å². The maximum absolute atomic E-state index is 12.7. The predicted molar refractivity (Wildman–Crippen MR) is 74.6 cm³/mol. The van der Waals surface area contributed by atoms with Crippen molar-refractivity contribution in [1.29, 1.82) is 0 Å². The van der Waals surface area contributed by atoms with Gasteiger partial charge in [-0.25, -0.2) is 4.98 Å². The van der Waals surface area contributed by atoms with Gasteiger partial charge in [0, 0.05) is 23.5 Å². The molecule has 1 amide bonds. The molecular formula is C14H12FN3O3. The Morgan fingerprint density at radius 1 is 1.38 bits per heavy atom. The van der Waals surface area contributed by atoms with Crippen molar-refractivity contribution < 1.29 is 14.1 Å². The number of benzene rings is 1. The number of carbonyl (C=O) groups is 1. The van der Waals surface area contributed by atoms with Gasteiger partial charge in [-0.2, -0.15) is 4.39 Å². The number of pyridine rings is 1. The molecule has 0 radical (unpaired) electrons. The fourth-order valence-electron chi connectivity index (χ4n) is 1.82. The molecule has 0 aliphatic carbocycles. The van der Waals surface area contributed by atoms with E-state index in [1.807, 2.05) is 6.92 Å². The molecule has 0 atom stereocenters. The Morgan fingerprint density at radius 2 is 2.14 bits per heavy atom. The van der Waals surface area contributed by atoms with Gasteiger partial charge in [0.15, 0.2) is 0 Å². The van der Waals surface area contributed by atoms with Crippen molar-refractivity contribution in [1.82, 2.24) is 4.98 Å². The second-order valence-corrected chi connectivity index (χ2v) is 4.28. The summed E-state index contributed by atoms with van der Waals surface area (Å²) in [4.78, 5) is 25.8. The van der Waals surface area contributed by atoms with Crippen LogP contribution in [0.15, 0.2) is 36.5 Å². The Kier molecular flexibility index (Phi) is 4.22. The van der Waals surface area contributed by atoms with E-state index in [9.17, 15) is 19.3 Å². The van der Waals surface area contributed by atoms with Gasteiger partial charge in [0.2, 0.25) is 5.95 Å². The Balaban J connectivity index is 2.23. The van der Waals surface area contributed by atoms with Gasteiger partial charge in [-0.15, -0.1) is 0 Å². The Hall–Kier alpha value is -2.83. The van der Waals surface area contributed by atoms with Gasteiger partial charge >= 0.3 is 0 Å². The summed E-state index contributed by atoms with van der Waals surface area (Å²) in [6, 6.07) is 6.83. The first-order valence-electron chi connectivity index (χ1n) is 6.21. The molecule has 0 aliphatic heterocycles. The van der Waals surface area contributed by atoms with Gasteiger partial charge in [0.1, 0.15) is 0 Å². The number of halogens is 1. The van der Waals surface area contributed by atoms with Crippen LogP contribution in [-0.4, -0.2) is 15.8 Å². The van der Waals surface area contributed by atoms with Crippen molar-refractivity contribution in [2.45, 2.75) is 13.3 Å². The lowest BCUT2D eigenvalue weighted by Crippen LogP contribution is -2.12. The summed E-state index contributed by atoms with van der Waals surface area (Å²) in [5.41, 5.74) is 1.00. The van der Waals surface area contributed by atoms with Crippen LogP contribution in [0.5, 0.6) is 0 Å². The van der Waals surface area contributed by atoms with E-state index in [0.717, 1.165) is 12.3 Å². The van der Waals surface area contributed by atoms with Crippen LogP contribution in [0, 0.1) is 16.1 Å². The molecule has 0 unspecified atom stereocenters. The van der Waals surface area contributed by atoms with Crippen LogP contribution in [0.4, 0.5) is 15.8 Å². The molecule has 6 nitrogen and oxygen atoms in total. The lowest BCUT2D eigenvalue weighted by molar-refractivity contribution is -0.385. The Labute approximate surface area is 119 Å². The molecule has 2 rings (SSSR count). The lowest BCUT2D eigenvalue weighted by atomic mass is 10.1. The van der Waals surface area contributed by atoms with E-state index in [2.05, 4.69) is 10.3 Å². The Bertz CT molecular complexity index is 686. The number of amides is 1. The second kappa shape index (κ2) is 6.08. The van der Waals surface area contributed by atoms with E-state index in [1.54, 1.807) is 12.1 Å². The van der Waals surface area contributed by atoms with Crippen molar-refractivity contribution in [2.24, 2.45) is 0 Å². The standard InChI is InChI=1S/C14H12FN3O3/c1-2-9-3-5-11(7-12(9)18(20)21)17-14(19)10-4-6-13(15)16-8-10/h3-8H,2H2,1H3,(H,17,19). The number of nitrogens with zero attached hydrogens (tertiary/aromatic N) is 2. The molecule has 2 aromatic rings. The second-order valence-electron chi connectivity index (χ2n) is 4.28. The van der Waals surface area contributed by atoms with Gasteiger partial charge < -0.3 is 5.32 Å². The highest BCUT2D eigenvalue weighted by atomic mass is 19.1. The zero-order valence-electron chi connectivity index (χ0n) is 11.2.